The summed E-state index contributed by atoms with van der Waals surface area (Å²) in [4.78, 5) is 30.6. The number of thiophene rings is 2. The van der Waals surface area contributed by atoms with Gasteiger partial charge in [0.25, 0.3) is 0 Å². The Morgan fingerprint density at radius 1 is 0.167 bits per heavy atom. The van der Waals surface area contributed by atoms with E-state index in [-0.39, 0.29) is 0 Å². The maximum Gasteiger partial charge on any atom is 0.165 e. The van der Waals surface area contributed by atoms with E-state index in [1.165, 1.54) is 118 Å². The van der Waals surface area contributed by atoms with Crippen molar-refractivity contribution in [1.82, 2.24) is 29.9 Å². The van der Waals surface area contributed by atoms with E-state index >= 15 is 0 Å². The van der Waals surface area contributed by atoms with Crippen molar-refractivity contribution in [2.75, 3.05) is 0 Å². The normalized spacial score (nSPS) is 12.8. The van der Waals surface area contributed by atoms with Gasteiger partial charge in [0.2, 0.25) is 0 Å². The highest BCUT2D eigenvalue weighted by molar-refractivity contribution is 7.26. The lowest BCUT2D eigenvalue weighted by atomic mass is 9.67. The summed E-state index contributed by atoms with van der Waals surface area (Å²) in [7, 11) is 0. The average Bonchev–Trinajstić information content (AvgIpc) is 1.54. The Balaban J connectivity index is 0.000000140. The number of rotatable bonds is 12. The van der Waals surface area contributed by atoms with Gasteiger partial charge in [-0.1, -0.05) is 388 Å². The monoisotopic (exact) mass is 1560 g/mol. The molecule has 0 saturated heterocycles. The van der Waals surface area contributed by atoms with Gasteiger partial charge in [0.15, 0.2) is 34.9 Å². The molecular formula is C112H70N6S2. The zero-order valence-electron chi connectivity index (χ0n) is 64.9. The van der Waals surface area contributed by atoms with E-state index in [1.807, 2.05) is 95.5 Å². The SMILES string of the molecule is c1ccc(-c2nc(-c3ccccc3)nc(-c3c(-c4ccc5c(c4)sc4cc(C6(c7ccccc7)c7ccccc7-c7ccccc76)ccc45)ccc4ccccc34)n2)cc1.c1ccc(-c2nc(-c3ccccc3)nc(-c3cccc4c(-c5ccc6sc7ccc(C8(c9ccccc9)c9ccccc9-c9ccccc98)cc7c6c5)cccc34)n2)cc1. The van der Waals surface area contributed by atoms with Gasteiger partial charge in [-0.2, -0.15) is 0 Å². The molecule has 18 aromatic carbocycles. The summed E-state index contributed by atoms with van der Waals surface area (Å²) in [6.45, 7) is 0. The molecule has 0 amide bonds. The Hall–Kier alpha value is -15.1. The van der Waals surface area contributed by atoms with Gasteiger partial charge >= 0.3 is 0 Å². The molecule has 0 spiro atoms. The van der Waals surface area contributed by atoms with E-state index in [2.05, 4.69) is 352 Å². The molecule has 2 aliphatic rings. The van der Waals surface area contributed by atoms with Crippen LogP contribution in [0.25, 0.3) is 175 Å². The summed E-state index contributed by atoms with van der Waals surface area (Å²) < 4.78 is 5.07. The third kappa shape index (κ3) is 11.5. The van der Waals surface area contributed by atoms with Gasteiger partial charge in [-0.05, 0) is 147 Å². The lowest BCUT2D eigenvalue weighted by Crippen LogP contribution is -2.28. The number of nitrogens with zero attached hydrogens (tertiary/aromatic N) is 6. The molecule has 0 fully saturated rings. The van der Waals surface area contributed by atoms with Gasteiger partial charge in [0, 0.05) is 73.7 Å². The third-order valence-electron chi connectivity index (χ3n) is 24.5. The van der Waals surface area contributed by atoms with E-state index in [4.69, 9.17) is 29.9 Å². The van der Waals surface area contributed by atoms with E-state index in [1.54, 1.807) is 0 Å². The molecule has 560 valence electrons. The quantitative estimate of drug-likeness (QED) is 0.121. The highest BCUT2D eigenvalue weighted by Gasteiger charge is 2.48. The largest absolute Gasteiger partial charge is 0.208 e. The van der Waals surface area contributed by atoms with Gasteiger partial charge in [0.05, 0.1) is 10.8 Å². The maximum atomic E-state index is 5.22. The molecule has 6 nitrogen and oxygen atoms in total. The average molecular weight is 1560 g/mol. The molecule has 22 aromatic rings. The molecule has 4 heterocycles. The molecular weight excluding hydrogens is 1490 g/mol. The zero-order valence-corrected chi connectivity index (χ0v) is 66.5. The molecule has 2 aliphatic carbocycles. The molecule has 120 heavy (non-hydrogen) atoms. The molecule has 0 bridgehead atoms. The molecule has 0 N–H and O–H groups in total. The predicted octanol–water partition coefficient (Wildman–Crippen LogP) is 28.8. The van der Waals surface area contributed by atoms with E-state index in [0.717, 1.165) is 66.1 Å². The Kier molecular flexibility index (Phi) is 17.0. The fraction of sp³-hybridized carbons (Fsp3) is 0.0179. The van der Waals surface area contributed by atoms with Crippen LogP contribution in [0.1, 0.15) is 44.5 Å². The number of benzene rings is 18. The summed E-state index contributed by atoms with van der Waals surface area (Å²) in [5, 5.41) is 9.55. The van der Waals surface area contributed by atoms with Crippen molar-refractivity contribution in [1.29, 1.82) is 0 Å². The molecule has 0 saturated carbocycles. The lowest BCUT2D eigenvalue weighted by molar-refractivity contribution is 0.770. The second-order valence-corrected chi connectivity index (χ2v) is 33.1. The maximum absolute atomic E-state index is 5.22. The fourth-order valence-electron chi connectivity index (χ4n) is 19.1. The van der Waals surface area contributed by atoms with Crippen LogP contribution in [0.15, 0.2) is 425 Å². The number of hydrogen-bond donors (Lipinski definition) is 0. The second kappa shape index (κ2) is 29.0. The summed E-state index contributed by atoms with van der Waals surface area (Å²) in [6, 6.07) is 153. The van der Waals surface area contributed by atoms with Gasteiger partial charge in [-0.25, -0.2) is 29.9 Å². The van der Waals surface area contributed by atoms with E-state index in [0.29, 0.717) is 34.9 Å². The minimum atomic E-state index is -0.448. The van der Waals surface area contributed by atoms with Crippen molar-refractivity contribution >= 4 is 84.6 Å². The van der Waals surface area contributed by atoms with Crippen molar-refractivity contribution in [3.8, 4) is 113 Å². The van der Waals surface area contributed by atoms with Crippen molar-refractivity contribution in [2.45, 2.75) is 10.8 Å². The fourth-order valence-corrected chi connectivity index (χ4v) is 21.4. The molecule has 0 radical (unpaired) electrons. The minimum Gasteiger partial charge on any atom is -0.208 e. The molecule has 8 heteroatoms. The first kappa shape index (κ1) is 70.4. The van der Waals surface area contributed by atoms with Crippen molar-refractivity contribution < 1.29 is 0 Å². The smallest absolute Gasteiger partial charge is 0.165 e. The molecule has 0 unspecified atom stereocenters. The first-order valence-electron chi connectivity index (χ1n) is 40.7. The summed E-state index contributed by atoms with van der Waals surface area (Å²) in [5.74, 6) is 3.91. The number of fused-ring (bicyclic) bond motifs is 14. The van der Waals surface area contributed by atoms with Crippen LogP contribution >= 0.6 is 22.7 Å². The highest BCUT2D eigenvalue weighted by Crippen LogP contribution is 2.59. The first-order chi connectivity index (χ1) is 59.5. The Morgan fingerprint density at radius 3 is 1.03 bits per heavy atom. The first-order valence-corrected chi connectivity index (χ1v) is 42.3. The van der Waals surface area contributed by atoms with Gasteiger partial charge < -0.3 is 0 Å². The molecule has 0 aliphatic heterocycles. The van der Waals surface area contributed by atoms with Crippen molar-refractivity contribution in [2.24, 2.45) is 0 Å². The number of hydrogen-bond acceptors (Lipinski definition) is 8. The third-order valence-corrected chi connectivity index (χ3v) is 26.7. The minimum absolute atomic E-state index is 0.439. The van der Waals surface area contributed by atoms with Gasteiger partial charge in [0.1, 0.15) is 0 Å². The molecule has 24 rings (SSSR count). The molecule has 0 atom stereocenters. The topological polar surface area (TPSA) is 77.3 Å². The van der Waals surface area contributed by atoms with Gasteiger partial charge in [-0.3, -0.25) is 0 Å². The van der Waals surface area contributed by atoms with Crippen LogP contribution in [0.3, 0.4) is 0 Å². The summed E-state index contributed by atoms with van der Waals surface area (Å²) >= 11 is 3.73. The van der Waals surface area contributed by atoms with E-state index in [9.17, 15) is 0 Å². The van der Waals surface area contributed by atoms with Crippen LogP contribution in [-0.2, 0) is 10.8 Å². The van der Waals surface area contributed by atoms with Gasteiger partial charge in [-0.15, -0.1) is 22.7 Å². The lowest BCUT2D eigenvalue weighted by Gasteiger charge is -2.34. The number of aromatic nitrogens is 6. The highest BCUT2D eigenvalue weighted by atomic mass is 32.1. The van der Waals surface area contributed by atoms with Crippen LogP contribution in [0.5, 0.6) is 0 Å². The Morgan fingerprint density at radius 2 is 0.517 bits per heavy atom. The van der Waals surface area contributed by atoms with Crippen LogP contribution in [0, 0.1) is 0 Å². The van der Waals surface area contributed by atoms with Crippen LogP contribution in [0.4, 0.5) is 0 Å². The van der Waals surface area contributed by atoms with Crippen LogP contribution < -0.4 is 0 Å². The van der Waals surface area contributed by atoms with Crippen LogP contribution in [0.2, 0.25) is 0 Å². The van der Waals surface area contributed by atoms with Crippen molar-refractivity contribution in [3.05, 3.63) is 469 Å². The predicted molar refractivity (Wildman–Crippen MR) is 499 cm³/mol. The Labute approximate surface area is 702 Å². The molecule has 4 aromatic heterocycles. The summed E-state index contributed by atoms with van der Waals surface area (Å²) in [6.07, 6.45) is 0. The Bertz CT molecular complexity index is 7570. The van der Waals surface area contributed by atoms with Crippen molar-refractivity contribution in [3.63, 3.8) is 0 Å². The summed E-state index contributed by atoms with van der Waals surface area (Å²) in [5.41, 5.74) is 25.1. The zero-order chi connectivity index (χ0) is 79.2. The van der Waals surface area contributed by atoms with Crippen LogP contribution in [-0.4, -0.2) is 29.9 Å². The second-order valence-electron chi connectivity index (χ2n) is 31.0. The van der Waals surface area contributed by atoms with E-state index < -0.39 is 10.8 Å². The standard InChI is InChI=1S/2C56H35N3S/c1-4-16-36(17-5-1)53-57-54(37-18-6-2-7-19-37)59-55(58-53)46-27-15-25-42-41(24-14-26-43(42)46)38-30-32-51-47(34-38)48-35-40(31-33-52(48)60-51)56(39-20-8-3-9-21-39)49-28-12-10-22-44(49)45-23-11-13-29-50(45)56;1-4-17-37(18-5-1)53-57-54(38-19-6-2-7-20-38)59-55(58-53)52-42-23-11-10-16-36(42)28-31-43(52)39-29-32-46-47-33-30-41(35-51(47)60-50(46)34-39)56(40-21-8-3-9-22-40)48-26-14-12-24-44(48)45-25-13-15-27-49(45)56/h2*1-35H.